The highest BCUT2D eigenvalue weighted by atomic mass is 35.5. The van der Waals surface area contributed by atoms with Crippen LogP contribution in [0, 0.1) is 0 Å². The van der Waals surface area contributed by atoms with Gasteiger partial charge in [-0.15, -0.1) is 0 Å². The lowest BCUT2D eigenvalue weighted by molar-refractivity contribution is 0.0941. The second kappa shape index (κ2) is 6.56. The van der Waals surface area contributed by atoms with Crippen molar-refractivity contribution in [3.63, 3.8) is 0 Å². The third-order valence-corrected chi connectivity index (χ3v) is 3.83. The lowest BCUT2D eigenvalue weighted by atomic mass is 10.1. The van der Waals surface area contributed by atoms with Crippen molar-refractivity contribution in [1.82, 2.24) is 5.32 Å². The summed E-state index contributed by atoms with van der Waals surface area (Å²) in [4.78, 5) is 12.2. The minimum Gasteiger partial charge on any atom is -0.398 e. The summed E-state index contributed by atoms with van der Waals surface area (Å²) in [5, 5.41) is 4.37. The van der Waals surface area contributed by atoms with Crippen LogP contribution in [0.25, 0.3) is 0 Å². The van der Waals surface area contributed by atoms with Gasteiger partial charge in [0.05, 0.1) is 11.6 Å². The third kappa shape index (κ3) is 3.82. The van der Waals surface area contributed by atoms with E-state index in [0.29, 0.717) is 26.3 Å². The van der Waals surface area contributed by atoms with Crippen molar-refractivity contribution in [3.8, 4) is 0 Å². The Morgan fingerprint density at radius 2 is 1.71 bits per heavy atom. The van der Waals surface area contributed by atoms with Gasteiger partial charge in [0.2, 0.25) is 0 Å². The molecule has 0 heterocycles. The van der Waals surface area contributed by atoms with Gasteiger partial charge in [0, 0.05) is 20.8 Å². The van der Waals surface area contributed by atoms with E-state index < -0.39 is 0 Å². The molecule has 0 saturated carbocycles. The quantitative estimate of drug-likeness (QED) is 0.792. The molecular weight excluding hydrogens is 331 g/mol. The van der Waals surface area contributed by atoms with Crippen LogP contribution in [0.3, 0.4) is 0 Å². The lowest BCUT2D eigenvalue weighted by Gasteiger charge is -2.16. The molecule has 6 heteroatoms. The van der Waals surface area contributed by atoms with Crippen LogP contribution in [0.4, 0.5) is 5.69 Å². The van der Waals surface area contributed by atoms with Crippen molar-refractivity contribution in [2.75, 3.05) is 5.73 Å². The fourth-order valence-corrected chi connectivity index (χ4v) is 2.70. The molecule has 0 fully saturated rings. The summed E-state index contributed by atoms with van der Waals surface area (Å²) >= 11 is 17.8. The molecule has 0 aliphatic rings. The first-order chi connectivity index (χ1) is 9.88. The van der Waals surface area contributed by atoms with Gasteiger partial charge in [0.1, 0.15) is 0 Å². The number of halogens is 3. The molecule has 21 heavy (non-hydrogen) atoms. The van der Waals surface area contributed by atoms with Crippen LogP contribution in [0.2, 0.25) is 15.1 Å². The maximum Gasteiger partial charge on any atom is 0.253 e. The van der Waals surface area contributed by atoms with Crippen LogP contribution >= 0.6 is 34.8 Å². The number of carbonyl (C=O) groups is 1. The van der Waals surface area contributed by atoms with E-state index in [1.807, 2.05) is 6.92 Å². The molecular formula is C15H13Cl3N2O. The average molecular weight is 344 g/mol. The van der Waals surface area contributed by atoms with E-state index in [1.54, 1.807) is 30.3 Å². The van der Waals surface area contributed by atoms with Crippen LogP contribution in [0.5, 0.6) is 0 Å². The van der Waals surface area contributed by atoms with Gasteiger partial charge in [-0.3, -0.25) is 4.79 Å². The molecule has 0 aliphatic carbocycles. The Morgan fingerprint density at radius 3 is 2.33 bits per heavy atom. The van der Waals surface area contributed by atoms with E-state index >= 15 is 0 Å². The zero-order valence-electron chi connectivity index (χ0n) is 11.2. The second-order valence-electron chi connectivity index (χ2n) is 4.59. The summed E-state index contributed by atoms with van der Waals surface area (Å²) in [6.45, 7) is 1.83. The maximum absolute atomic E-state index is 12.2. The summed E-state index contributed by atoms with van der Waals surface area (Å²) in [5.74, 6) is -0.289. The van der Waals surface area contributed by atoms with Gasteiger partial charge >= 0.3 is 0 Å². The lowest BCUT2D eigenvalue weighted by Crippen LogP contribution is -2.27. The first kappa shape index (κ1) is 16.0. The standard InChI is InChI=1S/C15H13Cl3N2O/c1-8(11-4-2-9(16)6-13(11)18)20-15(21)12-5-3-10(17)7-14(12)19/h2-8H,19H2,1H3,(H,20,21). The van der Waals surface area contributed by atoms with Crippen molar-refractivity contribution in [2.45, 2.75) is 13.0 Å². The fourth-order valence-electron chi connectivity index (χ4n) is 1.95. The van der Waals surface area contributed by atoms with E-state index in [1.165, 1.54) is 6.07 Å². The topological polar surface area (TPSA) is 55.1 Å². The molecule has 0 aromatic heterocycles. The molecule has 3 nitrogen and oxygen atoms in total. The Balaban J connectivity index is 2.18. The van der Waals surface area contributed by atoms with Crippen molar-refractivity contribution in [2.24, 2.45) is 0 Å². The van der Waals surface area contributed by atoms with Gasteiger partial charge in [-0.25, -0.2) is 0 Å². The van der Waals surface area contributed by atoms with Gasteiger partial charge in [-0.1, -0.05) is 40.9 Å². The first-order valence-corrected chi connectivity index (χ1v) is 7.32. The number of nitrogens with two attached hydrogens (primary N) is 1. The number of anilines is 1. The van der Waals surface area contributed by atoms with E-state index in [4.69, 9.17) is 40.5 Å². The predicted octanol–water partition coefficient (Wildman–Crippen LogP) is 4.72. The smallest absolute Gasteiger partial charge is 0.253 e. The molecule has 110 valence electrons. The average Bonchev–Trinajstić information content (AvgIpc) is 2.37. The summed E-state index contributed by atoms with van der Waals surface area (Å²) in [5.41, 5.74) is 7.28. The van der Waals surface area contributed by atoms with Gasteiger partial charge in [0.15, 0.2) is 0 Å². The highest BCUT2D eigenvalue weighted by Crippen LogP contribution is 2.26. The molecule has 0 spiro atoms. The SMILES string of the molecule is CC(NC(=O)c1ccc(Cl)cc1N)c1ccc(Cl)cc1Cl. The van der Waals surface area contributed by atoms with Crippen LogP contribution in [-0.4, -0.2) is 5.91 Å². The van der Waals surface area contributed by atoms with Gasteiger partial charge < -0.3 is 11.1 Å². The van der Waals surface area contributed by atoms with Gasteiger partial charge in [-0.05, 0) is 42.8 Å². The van der Waals surface area contributed by atoms with Crippen molar-refractivity contribution in [1.29, 1.82) is 0 Å². The maximum atomic E-state index is 12.2. The van der Waals surface area contributed by atoms with E-state index in [0.717, 1.165) is 5.56 Å². The Labute approximate surface area is 138 Å². The molecule has 1 unspecified atom stereocenters. The molecule has 0 bridgehead atoms. The Morgan fingerprint density at radius 1 is 1.10 bits per heavy atom. The molecule has 0 radical (unpaired) electrons. The van der Waals surface area contributed by atoms with Gasteiger partial charge in [0.25, 0.3) is 5.91 Å². The number of nitrogens with one attached hydrogen (secondary N) is 1. The predicted molar refractivity (Wildman–Crippen MR) is 88.2 cm³/mol. The van der Waals surface area contributed by atoms with Crippen LogP contribution in [-0.2, 0) is 0 Å². The van der Waals surface area contributed by atoms with E-state index in [-0.39, 0.29) is 11.9 Å². The number of rotatable bonds is 3. The van der Waals surface area contributed by atoms with E-state index in [9.17, 15) is 4.79 Å². The first-order valence-electron chi connectivity index (χ1n) is 6.19. The Bertz CT molecular complexity index is 689. The zero-order chi connectivity index (χ0) is 15.6. The van der Waals surface area contributed by atoms with Crippen LogP contribution < -0.4 is 11.1 Å². The molecule has 0 aliphatic heterocycles. The minimum absolute atomic E-state index is 0.280. The largest absolute Gasteiger partial charge is 0.398 e. The number of nitrogen functional groups attached to an aromatic ring is 1. The van der Waals surface area contributed by atoms with Crippen molar-refractivity contribution >= 4 is 46.4 Å². The molecule has 0 saturated heterocycles. The Hall–Kier alpha value is -1.42. The molecule has 2 aromatic rings. The zero-order valence-corrected chi connectivity index (χ0v) is 13.4. The second-order valence-corrected chi connectivity index (χ2v) is 5.87. The number of carbonyl (C=O) groups excluding carboxylic acids is 1. The summed E-state index contributed by atoms with van der Waals surface area (Å²) < 4.78 is 0. The highest BCUT2D eigenvalue weighted by Gasteiger charge is 2.16. The molecule has 2 aromatic carbocycles. The summed E-state index contributed by atoms with van der Waals surface area (Å²) in [7, 11) is 0. The monoisotopic (exact) mass is 342 g/mol. The number of amides is 1. The number of benzene rings is 2. The van der Waals surface area contributed by atoms with E-state index in [2.05, 4.69) is 5.32 Å². The molecule has 1 atom stereocenters. The normalized spacial score (nSPS) is 12.0. The summed E-state index contributed by atoms with van der Waals surface area (Å²) in [6.07, 6.45) is 0. The van der Waals surface area contributed by atoms with Crippen molar-refractivity contribution < 1.29 is 4.79 Å². The van der Waals surface area contributed by atoms with Crippen LogP contribution in [0.1, 0.15) is 28.9 Å². The summed E-state index contributed by atoms with van der Waals surface area (Å²) in [6, 6.07) is 9.60. The van der Waals surface area contributed by atoms with Gasteiger partial charge in [-0.2, -0.15) is 0 Å². The third-order valence-electron chi connectivity index (χ3n) is 3.03. The molecule has 2 rings (SSSR count). The van der Waals surface area contributed by atoms with Crippen molar-refractivity contribution in [3.05, 3.63) is 62.6 Å². The van der Waals surface area contributed by atoms with Crippen LogP contribution in [0.15, 0.2) is 36.4 Å². The fraction of sp³-hybridized carbons (Fsp3) is 0.133. The minimum atomic E-state index is -0.289. The number of hydrogen-bond acceptors (Lipinski definition) is 2. The Kier molecular flexibility index (Phi) is 4.99. The highest BCUT2D eigenvalue weighted by molar-refractivity contribution is 6.35. The molecule has 3 N–H and O–H groups in total. The molecule has 1 amide bonds. The number of hydrogen-bond donors (Lipinski definition) is 2.